The van der Waals surface area contributed by atoms with E-state index in [2.05, 4.69) is 22.4 Å². The Morgan fingerprint density at radius 3 is 2.39 bits per heavy atom. The molecule has 0 saturated carbocycles. The van der Waals surface area contributed by atoms with Crippen LogP contribution in [-0.2, 0) is 16.1 Å². The van der Waals surface area contributed by atoms with E-state index in [0.29, 0.717) is 5.82 Å². The molecule has 1 atom stereocenters. The highest BCUT2D eigenvalue weighted by Crippen LogP contribution is 2.44. The minimum absolute atomic E-state index is 0.0345. The molecule has 2 aromatic carbocycles. The fourth-order valence-electron chi connectivity index (χ4n) is 4.25. The molecule has 1 unspecified atom stereocenters. The molecule has 8 heteroatoms. The first-order valence-corrected chi connectivity index (χ1v) is 11.4. The summed E-state index contributed by atoms with van der Waals surface area (Å²) in [5.74, 6) is -0.578. The number of nitrogens with one attached hydrogen (secondary N) is 1. The summed E-state index contributed by atoms with van der Waals surface area (Å²) in [6.45, 7) is 0.157. The molecule has 1 aliphatic carbocycles. The van der Waals surface area contributed by atoms with Crippen LogP contribution in [0, 0.1) is 0 Å². The molecule has 5 rings (SSSR count). The Kier molecular flexibility index (Phi) is 5.66. The number of benzene rings is 2. The van der Waals surface area contributed by atoms with Crippen LogP contribution < -0.4 is 5.32 Å². The van der Waals surface area contributed by atoms with E-state index in [9.17, 15) is 14.7 Å². The largest absolute Gasteiger partial charge is 0.480 e. The lowest BCUT2D eigenvalue weighted by molar-refractivity contribution is -0.139. The molecule has 0 fully saturated rings. The quantitative estimate of drug-likeness (QED) is 0.421. The third kappa shape index (κ3) is 4.12. The Bertz CT molecular complexity index is 1250. The highest BCUT2D eigenvalue weighted by Gasteiger charge is 2.30. The van der Waals surface area contributed by atoms with Crippen LogP contribution >= 0.6 is 11.3 Å². The molecule has 2 heterocycles. The van der Waals surface area contributed by atoms with Crippen LogP contribution in [0.2, 0.25) is 0 Å². The number of hydrogen-bond donors (Lipinski definition) is 2. The number of carboxylic acids is 1. The average molecular weight is 460 g/mol. The zero-order valence-corrected chi connectivity index (χ0v) is 18.4. The molecule has 2 aromatic heterocycles. The van der Waals surface area contributed by atoms with Gasteiger partial charge in [-0.05, 0) is 33.7 Å². The summed E-state index contributed by atoms with van der Waals surface area (Å²) >= 11 is 1.51. The molecule has 0 bridgehead atoms. The van der Waals surface area contributed by atoms with E-state index in [1.54, 1.807) is 17.0 Å². The molecule has 1 amide bonds. The van der Waals surface area contributed by atoms with E-state index in [1.165, 1.54) is 11.3 Å². The molecule has 7 nitrogen and oxygen atoms in total. The third-order valence-electron chi connectivity index (χ3n) is 5.77. The highest BCUT2D eigenvalue weighted by molar-refractivity contribution is 7.13. The van der Waals surface area contributed by atoms with Crippen LogP contribution in [0.3, 0.4) is 0 Å². The molecule has 2 N–H and O–H groups in total. The number of aromatic nitrogens is 2. The summed E-state index contributed by atoms with van der Waals surface area (Å²) in [6.07, 6.45) is 2.55. The van der Waals surface area contributed by atoms with Gasteiger partial charge in [-0.3, -0.25) is 0 Å². The summed E-state index contributed by atoms with van der Waals surface area (Å²) in [4.78, 5) is 29.6. The van der Waals surface area contributed by atoms with Crippen molar-refractivity contribution in [3.05, 3.63) is 89.6 Å². The topological polar surface area (TPSA) is 93.5 Å². The van der Waals surface area contributed by atoms with Gasteiger partial charge in [0.25, 0.3) is 0 Å². The van der Waals surface area contributed by atoms with Gasteiger partial charge in [-0.25, -0.2) is 14.6 Å². The first kappa shape index (κ1) is 21.0. The molecular weight excluding hydrogens is 438 g/mol. The number of carbonyl (C=O) groups is 2. The van der Waals surface area contributed by atoms with E-state index in [-0.39, 0.29) is 19.1 Å². The normalized spacial score (nSPS) is 13.2. The zero-order valence-electron chi connectivity index (χ0n) is 17.5. The van der Waals surface area contributed by atoms with Crippen molar-refractivity contribution in [1.29, 1.82) is 0 Å². The van der Waals surface area contributed by atoms with Crippen LogP contribution in [0.1, 0.15) is 17.0 Å². The number of alkyl carbamates (subject to hydrolysis) is 1. The van der Waals surface area contributed by atoms with Gasteiger partial charge in [-0.15, -0.1) is 11.3 Å². The van der Waals surface area contributed by atoms with Crippen molar-refractivity contribution in [1.82, 2.24) is 14.9 Å². The number of imidazole rings is 1. The molecule has 0 spiro atoms. The first-order valence-electron chi connectivity index (χ1n) is 10.5. The lowest BCUT2D eigenvalue weighted by Crippen LogP contribution is -2.44. The number of carbonyl (C=O) groups excluding carboxylic acids is 1. The number of amides is 1. The maximum Gasteiger partial charge on any atom is 0.407 e. The van der Waals surface area contributed by atoms with Gasteiger partial charge in [0.2, 0.25) is 0 Å². The monoisotopic (exact) mass is 459 g/mol. The molecule has 166 valence electrons. The molecule has 0 aliphatic heterocycles. The van der Waals surface area contributed by atoms with Gasteiger partial charge in [-0.2, -0.15) is 0 Å². The number of aliphatic carboxylic acids is 1. The number of hydrogen-bond acceptors (Lipinski definition) is 5. The van der Waals surface area contributed by atoms with Crippen molar-refractivity contribution in [2.45, 2.75) is 18.5 Å². The Labute approximate surface area is 194 Å². The summed E-state index contributed by atoms with van der Waals surface area (Å²) < 4.78 is 7.22. The number of thiophene rings is 1. The lowest BCUT2D eigenvalue weighted by atomic mass is 9.98. The van der Waals surface area contributed by atoms with E-state index in [4.69, 9.17) is 4.74 Å². The van der Waals surface area contributed by atoms with Gasteiger partial charge in [0.1, 0.15) is 18.5 Å². The molecular formula is C25H21N3O4S. The number of carboxylic acid groups (broad SMARTS) is 1. The van der Waals surface area contributed by atoms with Crippen molar-refractivity contribution in [2.75, 3.05) is 6.61 Å². The smallest absolute Gasteiger partial charge is 0.407 e. The minimum atomic E-state index is -1.16. The van der Waals surface area contributed by atoms with Crippen molar-refractivity contribution in [2.24, 2.45) is 0 Å². The highest BCUT2D eigenvalue weighted by atomic mass is 32.1. The molecule has 1 aliphatic rings. The Morgan fingerprint density at radius 1 is 1.06 bits per heavy atom. The standard InChI is InChI=1S/C25H21N3O4S/c29-24(30)21(14-28-12-11-26-23(28)22-10-5-13-33-22)27-25(31)32-15-20-18-8-3-1-6-16(18)17-7-2-4-9-19(17)20/h1-13,20-21H,14-15H2,(H,27,31)(H,29,30). The summed E-state index contributed by atoms with van der Waals surface area (Å²) in [5.41, 5.74) is 4.46. The van der Waals surface area contributed by atoms with Crippen molar-refractivity contribution >= 4 is 23.4 Å². The second-order valence-corrected chi connectivity index (χ2v) is 8.69. The van der Waals surface area contributed by atoms with Crippen molar-refractivity contribution in [3.63, 3.8) is 0 Å². The van der Waals surface area contributed by atoms with E-state index in [1.807, 2.05) is 53.9 Å². The maximum absolute atomic E-state index is 12.6. The van der Waals surface area contributed by atoms with Gasteiger partial charge in [-0.1, -0.05) is 54.6 Å². The second-order valence-electron chi connectivity index (χ2n) is 7.74. The van der Waals surface area contributed by atoms with E-state index in [0.717, 1.165) is 27.1 Å². The molecule has 4 aromatic rings. The second kappa shape index (κ2) is 8.91. The summed E-state index contributed by atoms with van der Waals surface area (Å²) in [5, 5.41) is 14.1. The first-order chi connectivity index (χ1) is 16.1. The minimum Gasteiger partial charge on any atom is -0.480 e. The SMILES string of the molecule is O=C(NC(Cn1ccnc1-c1cccs1)C(=O)O)OCC1c2ccccc2-c2ccccc21. The number of nitrogens with zero attached hydrogens (tertiary/aromatic N) is 2. The maximum atomic E-state index is 12.6. The molecule has 0 radical (unpaired) electrons. The molecule has 0 saturated heterocycles. The van der Waals surface area contributed by atoms with E-state index >= 15 is 0 Å². The number of rotatable bonds is 7. The van der Waals surface area contributed by atoms with Crippen LogP contribution in [0.4, 0.5) is 4.79 Å². The predicted molar refractivity (Wildman–Crippen MR) is 125 cm³/mol. The fourth-order valence-corrected chi connectivity index (χ4v) is 4.99. The van der Waals surface area contributed by atoms with Gasteiger partial charge in [0.05, 0.1) is 11.4 Å². The Balaban J connectivity index is 1.27. The average Bonchev–Trinajstić information content (AvgIpc) is 3.56. The van der Waals surface area contributed by atoms with Gasteiger partial charge in [0.15, 0.2) is 0 Å². The van der Waals surface area contributed by atoms with Crippen LogP contribution in [-0.4, -0.2) is 39.4 Å². The summed E-state index contributed by atoms with van der Waals surface area (Å²) in [6, 6.07) is 18.8. The van der Waals surface area contributed by atoms with Gasteiger partial charge >= 0.3 is 12.1 Å². The van der Waals surface area contributed by atoms with Crippen LogP contribution in [0.5, 0.6) is 0 Å². The van der Waals surface area contributed by atoms with Crippen LogP contribution in [0.15, 0.2) is 78.4 Å². The Morgan fingerprint density at radius 2 is 1.76 bits per heavy atom. The Hall–Kier alpha value is -3.91. The summed E-state index contributed by atoms with van der Waals surface area (Å²) in [7, 11) is 0. The number of fused-ring (bicyclic) bond motifs is 3. The van der Waals surface area contributed by atoms with Gasteiger partial charge in [0, 0.05) is 18.3 Å². The fraction of sp³-hybridized carbons (Fsp3) is 0.160. The van der Waals surface area contributed by atoms with E-state index < -0.39 is 18.1 Å². The van der Waals surface area contributed by atoms with Gasteiger partial charge < -0.3 is 19.7 Å². The zero-order chi connectivity index (χ0) is 22.8. The molecule has 33 heavy (non-hydrogen) atoms. The predicted octanol–water partition coefficient (Wildman–Crippen LogP) is 4.60. The van der Waals surface area contributed by atoms with Crippen molar-refractivity contribution < 1.29 is 19.4 Å². The van der Waals surface area contributed by atoms with Crippen molar-refractivity contribution in [3.8, 4) is 21.8 Å². The van der Waals surface area contributed by atoms with Crippen LogP contribution in [0.25, 0.3) is 21.8 Å². The third-order valence-corrected chi connectivity index (χ3v) is 6.64. The lowest BCUT2D eigenvalue weighted by Gasteiger charge is -2.18. The number of ether oxygens (including phenoxy) is 1.